The maximum atomic E-state index is 12.8. The first-order valence-corrected chi connectivity index (χ1v) is 8.32. The molecule has 0 radical (unpaired) electrons. The third-order valence-electron chi connectivity index (χ3n) is 3.46. The van der Waals surface area contributed by atoms with Gasteiger partial charge in [-0.05, 0) is 42.9 Å². The van der Waals surface area contributed by atoms with Crippen LogP contribution in [0.15, 0.2) is 60.7 Å². The van der Waals surface area contributed by atoms with Gasteiger partial charge in [0.05, 0.1) is 0 Å². The van der Waals surface area contributed by atoms with Crippen LogP contribution in [0, 0.1) is 0 Å². The first-order valence-electron chi connectivity index (χ1n) is 7.92. The van der Waals surface area contributed by atoms with E-state index in [0.29, 0.717) is 17.7 Å². The van der Waals surface area contributed by atoms with Crippen molar-refractivity contribution in [2.24, 2.45) is 0 Å². The van der Waals surface area contributed by atoms with Crippen LogP contribution in [-0.2, 0) is 0 Å². The standard InChI is InChI=1S/C19H20N2O2S/c1-2-3-14-20-19(24)21(17(22)15-10-6-4-7-11-15)18(23)16-12-8-5-9-13-16/h4-13H,2-3,14H2,1H3,(H,20,24). The number of carbonyl (C=O) groups is 2. The average molecular weight is 340 g/mol. The monoisotopic (exact) mass is 340 g/mol. The van der Waals surface area contributed by atoms with Gasteiger partial charge in [0.25, 0.3) is 11.8 Å². The van der Waals surface area contributed by atoms with Crippen LogP contribution in [-0.4, -0.2) is 28.4 Å². The number of hydrogen-bond donors (Lipinski definition) is 1. The maximum Gasteiger partial charge on any atom is 0.267 e. The summed E-state index contributed by atoms with van der Waals surface area (Å²) in [6.07, 6.45) is 1.90. The third-order valence-corrected chi connectivity index (χ3v) is 3.78. The topological polar surface area (TPSA) is 49.4 Å². The molecule has 2 aromatic carbocycles. The first-order chi connectivity index (χ1) is 11.6. The van der Waals surface area contributed by atoms with Gasteiger partial charge < -0.3 is 5.32 Å². The summed E-state index contributed by atoms with van der Waals surface area (Å²) in [5, 5.41) is 3.13. The highest BCUT2D eigenvalue weighted by atomic mass is 32.1. The second-order valence-electron chi connectivity index (χ2n) is 5.26. The van der Waals surface area contributed by atoms with Gasteiger partial charge in [-0.1, -0.05) is 49.7 Å². The molecule has 4 nitrogen and oxygen atoms in total. The summed E-state index contributed by atoms with van der Waals surface area (Å²) < 4.78 is 0. The Kier molecular flexibility index (Phi) is 6.63. The fourth-order valence-electron chi connectivity index (χ4n) is 2.15. The molecule has 0 fully saturated rings. The van der Waals surface area contributed by atoms with Crippen LogP contribution < -0.4 is 5.32 Å². The number of nitrogens with one attached hydrogen (secondary N) is 1. The quantitative estimate of drug-likeness (QED) is 0.513. The highest BCUT2D eigenvalue weighted by molar-refractivity contribution is 7.80. The summed E-state index contributed by atoms with van der Waals surface area (Å²) in [5.41, 5.74) is 0.836. The minimum Gasteiger partial charge on any atom is -0.362 e. The minimum atomic E-state index is -0.432. The van der Waals surface area contributed by atoms with Crippen LogP contribution >= 0.6 is 12.2 Å². The summed E-state index contributed by atoms with van der Waals surface area (Å²) in [4.78, 5) is 26.7. The molecular weight excluding hydrogens is 320 g/mol. The summed E-state index contributed by atoms with van der Waals surface area (Å²) in [6.45, 7) is 2.68. The number of hydrogen-bond acceptors (Lipinski definition) is 3. The molecule has 0 bridgehead atoms. The van der Waals surface area contributed by atoms with E-state index in [1.807, 2.05) is 12.1 Å². The number of imide groups is 1. The zero-order chi connectivity index (χ0) is 17.4. The zero-order valence-corrected chi connectivity index (χ0v) is 14.4. The normalized spacial score (nSPS) is 10.0. The third kappa shape index (κ3) is 4.49. The van der Waals surface area contributed by atoms with Crippen molar-refractivity contribution in [1.29, 1.82) is 0 Å². The molecule has 0 saturated heterocycles. The molecule has 0 atom stereocenters. The number of rotatable bonds is 5. The lowest BCUT2D eigenvalue weighted by molar-refractivity contribution is 0.0712. The largest absolute Gasteiger partial charge is 0.362 e. The lowest BCUT2D eigenvalue weighted by Gasteiger charge is -2.22. The molecule has 0 aliphatic rings. The fraction of sp³-hybridized carbons (Fsp3) is 0.211. The number of thiocarbonyl (C=S) groups is 1. The molecule has 2 aromatic rings. The fourth-order valence-corrected chi connectivity index (χ4v) is 2.42. The first kappa shape index (κ1) is 17.8. The number of unbranched alkanes of at least 4 members (excludes halogenated alkanes) is 1. The summed E-state index contributed by atoms with van der Waals surface area (Å²) in [7, 11) is 0. The van der Waals surface area contributed by atoms with Gasteiger partial charge in [-0.15, -0.1) is 0 Å². The molecule has 0 saturated carbocycles. The van der Waals surface area contributed by atoms with Crippen molar-refractivity contribution in [2.75, 3.05) is 6.54 Å². The Balaban J connectivity index is 2.29. The smallest absolute Gasteiger partial charge is 0.267 e. The van der Waals surface area contributed by atoms with Crippen molar-refractivity contribution in [3.8, 4) is 0 Å². The van der Waals surface area contributed by atoms with E-state index in [-0.39, 0.29) is 5.11 Å². The van der Waals surface area contributed by atoms with Crippen molar-refractivity contribution >= 4 is 29.1 Å². The van der Waals surface area contributed by atoms with Crippen molar-refractivity contribution in [3.05, 3.63) is 71.8 Å². The van der Waals surface area contributed by atoms with E-state index in [4.69, 9.17) is 12.2 Å². The minimum absolute atomic E-state index is 0.131. The van der Waals surface area contributed by atoms with Crippen LogP contribution in [0.1, 0.15) is 40.5 Å². The van der Waals surface area contributed by atoms with Crippen LogP contribution in [0.25, 0.3) is 0 Å². The Morgan fingerprint density at radius 1 is 0.917 bits per heavy atom. The van der Waals surface area contributed by atoms with Gasteiger partial charge in [-0.2, -0.15) is 0 Å². The van der Waals surface area contributed by atoms with Crippen molar-refractivity contribution in [2.45, 2.75) is 19.8 Å². The Hall–Kier alpha value is -2.53. The molecule has 124 valence electrons. The molecule has 0 aromatic heterocycles. The summed E-state index contributed by atoms with van der Waals surface area (Å²) >= 11 is 5.31. The van der Waals surface area contributed by atoms with E-state index in [9.17, 15) is 9.59 Å². The van der Waals surface area contributed by atoms with Crippen LogP contribution in [0.3, 0.4) is 0 Å². The van der Waals surface area contributed by atoms with E-state index in [1.54, 1.807) is 48.5 Å². The molecule has 5 heteroatoms. The Morgan fingerprint density at radius 2 is 1.38 bits per heavy atom. The highest BCUT2D eigenvalue weighted by Crippen LogP contribution is 2.11. The second kappa shape index (κ2) is 8.93. The van der Waals surface area contributed by atoms with E-state index in [0.717, 1.165) is 17.7 Å². The average Bonchev–Trinajstić information content (AvgIpc) is 2.63. The van der Waals surface area contributed by atoms with E-state index in [2.05, 4.69) is 12.2 Å². The molecular formula is C19H20N2O2S. The lowest BCUT2D eigenvalue weighted by atomic mass is 10.1. The molecule has 1 N–H and O–H groups in total. The number of nitrogens with zero attached hydrogens (tertiary/aromatic N) is 1. The highest BCUT2D eigenvalue weighted by Gasteiger charge is 2.27. The predicted molar refractivity (Wildman–Crippen MR) is 98.9 cm³/mol. The van der Waals surface area contributed by atoms with E-state index in [1.165, 1.54) is 0 Å². The molecule has 0 aliphatic carbocycles. The van der Waals surface area contributed by atoms with Gasteiger partial charge in [-0.25, -0.2) is 4.90 Å². The van der Waals surface area contributed by atoms with Crippen LogP contribution in [0.4, 0.5) is 0 Å². The van der Waals surface area contributed by atoms with Crippen molar-refractivity contribution < 1.29 is 9.59 Å². The van der Waals surface area contributed by atoms with E-state index < -0.39 is 11.8 Å². The number of carbonyl (C=O) groups excluding carboxylic acids is 2. The lowest BCUT2D eigenvalue weighted by Crippen LogP contribution is -2.47. The Labute approximate surface area is 147 Å². The van der Waals surface area contributed by atoms with Gasteiger partial charge in [0.1, 0.15) is 0 Å². The van der Waals surface area contributed by atoms with E-state index >= 15 is 0 Å². The maximum absolute atomic E-state index is 12.8. The van der Waals surface area contributed by atoms with Gasteiger partial charge in [0.2, 0.25) is 0 Å². The molecule has 2 amide bonds. The van der Waals surface area contributed by atoms with Gasteiger partial charge in [0.15, 0.2) is 5.11 Å². The molecule has 0 spiro atoms. The number of amides is 2. The predicted octanol–water partition coefficient (Wildman–Crippen LogP) is 3.64. The summed E-state index contributed by atoms with van der Waals surface area (Å²) in [5.74, 6) is -0.864. The molecule has 0 heterocycles. The van der Waals surface area contributed by atoms with Crippen LogP contribution in [0.2, 0.25) is 0 Å². The SMILES string of the molecule is CCCCNC(=S)N(C(=O)c1ccccc1)C(=O)c1ccccc1. The van der Waals surface area contributed by atoms with Crippen molar-refractivity contribution in [1.82, 2.24) is 10.2 Å². The van der Waals surface area contributed by atoms with Crippen LogP contribution in [0.5, 0.6) is 0 Å². The molecule has 2 rings (SSSR count). The Bertz CT molecular complexity index is 650. The molecule has 0 aliphatic heterocycles. The summed E-state index contributed by atoms with van der Waals surface area (Å²) in [6, 6.07) is 17.3. The Morgan fingerprint density at radius 3 is 1.79 bits per heavy atom. The second-order valence-corrected chi connectivity index (χ2v) is 5.65. The number of benzene rings is 2. The van der Waals surface area contributed by atoms with Gasteiger partial charge >= 0.3 is 0 Å². The molecule has 0 unspecified atom stereocenters. The van der Waals surface area contributed by atoms with Crippen molar-refractivity contribution in [3.63, 3.8) is 0 Å². The zero-order valence-electron chi connectivity index (χ0n) is 13.6. The molecule has 24 heavy (non-hydrogen) atoms. The van der Waals surface area contributed by atoms with Gasteiger partial charge in [0, 0.05) is 17.7 Å². The van der Waals surface area contributed by atoms with Gasteiger partial charge in [-0.3, -0.25) is 9.59 Å².